The van der Waals surface area contributed by atoms with Gasteiger partial charge in [0.15, 0.2) is 0 Å². The molecule has 2 aromatic rings. The van der Waals surface area contributed by atoms with Crippen LogP contribution in [0.2, 0.25) is 0 Å². The number of hydrazine groups is 1. The van der Waals surface area contributed by atoms with Gasteiger partial charge in [0.1, 0.15) is 0 Å². The van der Waals surface area contributed by atoms with E-state index in [0.29, 0.717) is 0 Å². The van der Waals surface area contributed by atoms with E-state index in [1.54, 1.807) is 0 Å². The van der Waals surface area contributed by atoms with Gasteiger partial charge >= 0.3 is 0 Å². The summed E-state index contributed by atoms with van der Waals surface area (Å²) in [7, 11) is 0. The SMILES string of the molecule is NN(Cc1ccccc1)Cc1ccc(Br)cc1. The zero-order valence-electron chi connectivity index (χ0n) is 9.51. The van der Waals surface area contributed by atoms with E-state index in [0.717, 1.165) is 17.6 Å². The minimum atomic E-state index is 0.752. The molecule has 0 aliphatic carbocycles. The first-order valence-electron chi connectivity index (χ1n) is 5.52. The maximum atomic E-state index is 6.00. The van der Waals surface area contributed by atoms with Crippen molar-refractivity contribution >= 4 is 15.9 Å². The highest BCUT2D eigenvalue weighted by Gasteiger charge is 2.01. The molecule has 0 atom stereocenters. The second kappa shape index (κ2) is 5.96. The van der Waals surface area contributed by atoms with Crippen LogP contribution in [0.1, 0.15) is 11.1 Å². The molecule has 0 bridgehead atoms. The Bertz CT molecular complexity index is 453. The number of benzene rings is 2. The second-order valence-electron chi connectivity index (χ2n) is 4.02. The minimum absolute atomic E-state index is 0.752. The summed E-state index contributed by atoms with van der Waals surface area (Å²) in [6.07, 6.45) is 0. The highest BCUT2D eigenvalue weighted by molar-refractivity contribution is 9.10. The Hall–Kier alpha value is -1.16. The van der Waals surface area contributed by atoms with Crippen LogP contribution in [-0.4, -0.2) is 5.01 Å². The van der Waals surface area contributed by atoms with Crippen LogP contribution in [0, 0.1) is 0 Å². The molecule has 2 aromatic carbocycles. The predicted octanol–water partition coefficient (Wildman–Crippen LogP) is 3.33. The van der Waals surface area contributed by atoms with E-state index < -0.39 is 0 Å². The normalized spacial score (nSPS) is 10.8. The van der Waals surface area contributed by atoms with Crippen LogP contribution in [-0.2, 0) is 13.1 Å². The summed E-state index contributed by atoms with van der Waals surface area (Å²) in [6.45, 7) is 1.51. The summed E-state index contributed by atoms with van der Waals surface area (Å²) in [5, 5.41) is 1.82. The van der Waals surface area contributed by atoms with Crippen molar-refractivity contribution in [3.63, 3.8) is 0 Å². The Morgan fingerprint density at radius 2 is 1.35 bits per heavy atom. The molecule has 0 aromatic heterocycles. The fourth-order valence-electron chi connectivity index (χ4n) is 1.70. The molecule has 0 aliphatic heterocycles. The summed E-state index contributed by atoms with van der Waals surface area (Å²) < 4.78 is 1.09. The van der Waals surface area contributed by atoms with Crippen molar-refractivity contribution in [1.82, 2.24) is 5.01 Å². The first kappa shape index (κ1) is 12.3. The first-order chi connectivity index (χ1) is 8.24. The van der Waals surface area contributed by atoms with Gasteiger partial charge in [-0.15, -0.1) is 0 Å². The van der Waals surface area contributed by atoms with E-state index >= 15 is 0 Å². The van der Waals surface area contributed by atoms with E-state index in [9.17, 15) is 0 Å². The Kier molecular flexibility index (Phi) is 4.31. The molecule has 2 N–H and O–H groups in total. The average molecular weight is 291 g/mol. The van der Waals surface area contributed by atoms with E-state index in [1.165, 1.54) is 11.1 Å². The summed E-state index contributed by atoms with van der Waals surface area (Å²) in [4.78, 5) is 0. The van der Waals surface area contributed by atoms with Gasteiger partial charge in [-0.05, 0) is 23.3 Å². The monoisotopic (exact) mass is 290 g/mol. The van der Waals surface area contributed by atoms with E-state index in [2.05, 4.69) is 40.2 Å². The highest BCUT2D eigenvalue weighted by atomic mass is 79.9. The zero-order valence-corrected chi connectivity index (χ0v) is 11.1. The van der Waals surface area contributed by atoms with Crippen molar-refractivity contribution in [2.24, 2.45) is 5.84 Å². The Morgan fingerprint density at radius 3 is 1.94 bits per heavy atom. The molecule has 88 valence electrons. The third-order valence-corrected chi connectivity index (χ3v) is 3.06. The van der Waals surface area contributed by atoms with E-state index in [-0.39, 0.29) is 0 Å². The third kappa shape index (κ3) is 3.97. The average Bonchev–Trinajstić information content (AvgIpc) is 2.33. The van der Waals surface area contributed by atoms with Gasteiger partial charge in [-0.2, -0.15) is 0 Å². The molecular formula is C14H15BrN2. The van der Waals surface area contributed by atoms with Gasteiger partial charge in [-0.25, -0.2) is 5.01 Å². The van der Waals surface area contributed by atoms with Gasteiger partial charge in [0.05, 0.1) is 0 Å². The smallest absolute Gasteiger partial charge is 0.0383 e. The molecule has 0 heterocycles. The molecule has 0 saturated heterocycles. The number of rotatable bonds is 4. The van der Waals surface area contributed by atoms with Crippen LogP contribution in [0.4, 0.5) is 0 Å². The molecule has 2 rings (SSSR count). The van der Waals surface area contributed by atoms with Gasteiger partial charge in [-0.1, -0.05) is 58.4 Å². The van der Waals surface area contributed by atoms with E-state index in [4.69, 9.17) is 5.84 Å². The van der Waals surface area contributed by atoms with Crippen LogP contribution in [0.15, 0.2) is 59.1 Å². The number of hydrogen-bond donors (Lipinski definition) is 1. The second-order valence-corrected chi connectivity index (χ2v) is 4.93. The van der Waals surface area contributed by atoms with Gasteiger partial charge in [0, 0.05) is 17.6 Å². The molecule has 0 radical (unpaired) electrons. The van der Waals surface area contributed by atoms with Crippen molar-refractivity contribution in [2.45, 2.75) is 13.1 Å². The van der Waals surface area contributed by atoms with Crippen LogP contribution in [0.25, 0.3) is 0 Å². The highest BCUT2D eigenvalue weighted by Crippen LogP contribution is 2.12. The number of nitrogens with two attached hydrogens (primary N) is 1. The number of nitrogens with zero attached hydrogens (tertiary/aromatic N) is 1. The molecule has 3 heteroatoms. The van der Waals surface area contributed by atoms with Gasteiger partial charge in [-0.3, -0.25) is 5.84 Å². The standard InChI is InChI=1S/C14H15BrN2/c15-14-8-6-13(7-9-14)11-17(16)10-12-4-2-1-3-5-12/h1-9H,10-11,16H2. The molecule has 2 nitrogen and oxygen atoms in total. The van der Waals surface area contributed by atoms with Crippen LogP contribution in [0.3, 0.4) is 0 Å². The molecule has 0 aliphatic rings. The van der Waals surface area contributed by atoms with Crippen LogP contribution in [0.5, 0.6) is 0 Å². The van der Waals surface area contributed by atoms with Gasteiger partial charge in [0.25, 0.3) is 0 Å². The summed E-state index contributed by atoms with van der Waals surface area (Å²) in [6, 6.07) is 18.5. The van der Waals surface area contributed by atoms with Crippen molar-refractivity contribution in [3.8, 4) is 0 Å². The number of hydrogen-bond acceptors (Lipinski definition) is 2. The summed E-state index contributed by atoms with van der Waals surface area (Å²) >= 11 is 3.42. The molecule has 0 amide bonds. The fraction of sp³-hybridized carbons (Fsp3) is 0.143. The quantitative estimate of drug-likeness (QED) is 0.691. The molecule has 0 fully saturated rings. The largest absolute Gasteiger partial charge is 0.268 e. The van der Waals surface area contributed by atoms with Crippen molar-refractivity contribution in [2.75, 3.05) is 0 Å². The Labute approximate surface area is 110 Å². The summed E-state index contributed by atoms with van der Waals surface area (Å²) in [5.41, 5.74) is 2.44. The maximum Gasteiger partial charge on any atom is 0.0383 e. The number of halogens is 1. The Morgan fingerprint density at radius 1 is 0.824 bits per heavy atom. The predicted molar refractivity (Wildman–Crippen MR) is 74.0 cm³/mol. The van der Waals surface area contributed by atoms with Crippen LogP contribution < -0.4 is 5.84 Å². The first-order valence-corrected chi connectivity index (χ1v) is 6.31. The van der Waals surface area contributed by atoms with Gasteiger partial charge in [0.2, 0.25) is 0 Å². The lowest BCUT2D eigenvalue weighted by Gasteiger charge is -2.16. The van der Waals surface area contributed by atoms with Crippen molar-refractivity contribution in [3.05, 3.63) is 70.2 Å². The minimum Gasteiger partial charge on any atom is -0.268 e. The van der Waals surface area contributed by atoms with E-state index in [1.807, 2.05) is 35.3 Å². The molecule has 0 unspecified atom stereocenters. The van der Waals surface area contributed by atoms with Crippen molar-refractivity contribution in [1.29, 1.82) is 0 Å². The maximum absolute atomic E-state index is 6.00. The molecule has 0 saturated carbocycles. The van der Waals surface area contributed by atoms with Crippen LogP contribution >= 0.6 is 15.9 Å². The lowest BCUT2D eigenvalue weighted by Crippen LogP contribution is -2.29. The molecular weight excluding hydrogens is 276 g/mol. The third-order valence-electron chi connectivity index (χ3n) is 2.53. The topological polar surface area (TPSA) is 29.3 Å². The van der Waals surface area contributed by atoms with Gasteiger partial charge < -0.3 is 0 Å². The molecule has 17 heavy (non-hydrogen) atoms. The summed E-state index contributed by atoms with van der Waals surface area (Å²) in [5.74, 6) is 6.00. The zero-order chi connectivity index (χ0) is 12.1. The van der Waals surface area contributed by atoms with Crippen molar-refractivity contribution < 1.29 is 0 Å². The Balaban J connectivity index is 1.93. The lowest BCUT2D eigenvalue weighted by molar-refractivity contribution is 0.266. The molecule has 0 spiro atoms. The lowest BCUT2D eigenvalue weighted by atomic mass is 10.2. The fourth-order valence-corrected chi connectivity index (χ4v) is 1.96.